The Morgan fingerprint density at radius 2 is 0.714 bits per heavy atom. The zero-order valence-electron chi connectivity index (χ0n) is 26.8. The molecule has 246 valence electrons. The molecule has 0 aromatic carbocycles. The highest BCUT2D eigenvalue weighted by atomic mass is 35.5. The van der Waals surface area contributed by atoms with Crippen molar-refractivity contribution >= 4 is 43.4 Å². The largest absolute Gasteiger partial charge is 0.423 e. The van der Waals surface area contributed by atoms with Gasteiger partial charge in [0.1, 0.15) is 0 Å². The molecule has 0 aliphatic heterocycles. The molecule has 0 atom stereocenters. The highest BCUT2D eigenvalue weighted by Crippen LogP contribution is 2.29. The number of halogens is 2. The van der Waals surface area contributed by atoms with Crippen LogP contribution in [0.4, 0.5) is 0 Å². The van der Waals surface area contributed by atoms with Gasteiger partial charge in [0.15, 0.2) is 0 Å². The molecule has 0 amide bonds. The first kappa shape index (κ1) is 41.2. The van der Waals surface area contributed by atoms with Gasteiger partial charge in [0, 0.05) is 22.2 Å². The average molecular weight is 652 g/mol. The van der Waals surface area contributed by atoms with Crippen molar-refractivity contribution in [2.24, 2.45) is 0 Å². The molecule has 5 nitrogen and oxygen atoms in total. The molecule has 0 aliphatic carbocycles. The van der Waals surface area contributed by atoms with Crippen LogP contribution in [0.5, 0.6) is 0 Å². The van der Waals surface area contributed by atoms with E-state index in [1.807, 2.05) is 0 Å². The van der Waals surface area contributed by atoms with Crippen LogP contribution in [-0.4, -0.2) is 11.9 Å². The molecule has 0 aromatic rings. The minimum absolute atomic E-state index is 0.239. The standard InChI is InChI=1S/C34H61Cl2O5P/c1-3-5-7-9-11-13-15-17-19-21-23-25-27-31(29-35)33(37)40-42(39)41-34(38)32(30-36)28-26-24-22-20-18-16-14-12-10-8-6-4-2/h29-30,42H,3-28H2,1-2H3. The number of hydrogen-bond donors (Lipinski definition) is 0. The van der Waals surface area contributed by atoms with E-state index in [1.54, 1.807) is 0 Å². The first-order valence-electron chi connectivity index (χ1n) is 17.1. The Labute approximate surface area is 268 Å². The quantitative estimate of drug-likeness (QED) is 0.0439. The number of unbranched alkanes of at least 4 members (excludes halogenated alkanes) is 22. The maximum absolute atomic E-state index is 12.4. The molecule has 0 bridgehead atoms. The first-order valence-corrected chi connectivity index (χ1v) is 19.2. The summed E-state index contributed by atoms with van der Waals surface area (Å²) in [6, 6.07) is 0. The Bertz CT molecular complexity index is 694. The van der Waals surface area contributed by atoms with Gasteiger partial charge in [-0.15, -0.1) is 0 Å². The van der Waals surface area contributed by atoms with Gasteiger partial charge in [0.2, 0.25) is 0 Å². The van der Waals surface area contributed by atoms with Gasteiger partial charge in [-0.25, -0.2) is 14.2 Å². The predicted molar refractivity (Wildman–Crippen MR) is 180 cm³/mol. The number of carbonyl (C=O) groups is 2. The maximum atomic E-state index is 12.4. The van der Waals surface area contributed by atoms with Crippen molar-refractivity contribution in [3.05, 3.63) is 22.2 Å². The van der Waals surface area contributed by atoms with Crippen molar-refractivity contribution in [1.29, 1.82) is 0 Å². The molecule has 0 radical (unpaired) electrons. The zero-order valence-corrected chi connectivity index (χ0v) is 29.3. The van der Waals surface area contributed by atoms with Crippen molar-refractivity contribution in [2.45, 2.75) is 181 Å². The Hall–Kier alpha value is -0.770. The fraction of sp³-hybridized carbons (Fsp3) is 0.824. The number of carbonyl (C=O) groups excluding carboxylic acids is 2. The molecule has 0 unspecified atom stereocenters. The van der Waals surface area contributed by atoms with E-state index in [1.165, 1.54) is 116 Å². The van der Waals surface area contributed by atoms with Crippen LogP contribution in [0.1, 0.15) is 181 Å². The Kier molecular flexibility index (Phi) is 31.1. The lowest BCUT2D eigenvalue weighted by molar-refractivity contribution is -0.133. The van der Waals surface area contributed by atoms with Gasteiger partial charge in [-0.3, -0.25) is 0 Å². The molecule has 0 rings (SSSR count). The Balaban J connectivity index is 3.97. The lowest BCUT2D eigenvalue weighted by atomic mass is 10.0. The molecular formula is C34H61Cl2O5P. The molecule has 0 spiro atoms. The normalized spacial score (nSPS) is 12.9. The smallest absolute Gasteiger partial charge is 0.381 e. The van der Waals surface area contributed by atoms with Crippen LogP contribution in [0.25, 0.3) is 0 Å². The molecule has 8 heteroatoms. The lowest BCUT2D eigenvalue weighted by Crippen LogP contribution is -2.08. The summed E-state index contributed by atoms with van der Waals surface area (Å²) in [7, 11) is -3.35. The van der Waals surface area contributed by atoms with Gasteiger partial charge in [0.05, 0.1) is 0 Å². The monoisotopic (exact) mass is 650 g/mol. The Morgan fingerprint density at radius 3 is 0.952 bits per heavy atom. The zero-order chi connectivity index (χ0) is 31.1. The van der Waals surface area contributed by atoms with Crippen LogP contribution in [0.3, 0.4) is 0 Å². The fourth-order valence-electron chi connectivity index (χ4n) is 5.02. The maximum Gasteiger partial charge on any atom is 0.423 e. The average Bonchev–Trinajstić information content (AvgIpc) is 2.97. The summed E-state index contributed by atoms with van der Waals surface area (Å²) in [5.41, 5.74) is 2.80. The van der Waals surface area contributed by atoms with E-state index in [0.29, 0.717) is 12.8 Å². The van der Waals surface area contributed by atoms with E-state index in [-0.39, 0.29) is 11.1 Å². The van der Waals surface area contributed by atoms with Gasteiger partial charge >= 0.3 is 20.2 Å². The highest BCUT2D eigenvalue weighted by Gasteiger charge is 2.19. The van der Waals surface area contributed by atoms with Gasteiger partial charge in [-0.1, -0.05) is 178 Å². The van der Waals surface area contributed by atoms with E-state index in [4.69, 9.17) is 32.2 Å². The van der Waals surface area contributed by atoms with E-state index >= 15 is 0 Å². The van der Waals surface area contributed by atoms with Gasteiger partial charge in [-0.05, 0) is 25.7 Å². The third-order valence-electron chi connectivity index (χ3n) is 7.74. The van der Waals surface area contributed by atoms with Gasteiger partial charge in [0.25, 0.3) is 0 Å². The number of hydrogen-bond acceptors (Lipinski definition) is 5. The summed E-state index contributed by atoms with van der Waals surface area (Å²) < 4.78 is 22.0. The summed E-state index contributed by atoms with van der Waals surface area (Å²) in [6.07, 6.45) is 30.2. The predicted octanol–water partition coefficient (Wildman–Crippen LogP) is 12.9. The minimum Gasteiger partial charge on any atom is -0.381 e. The topological polar surface area (TPSA) is 69.7 Å². The van der Waals surface area contributed by atoms with Crippen LogP contribution < -0.4 is 0 Å². The molecule has 0 aliphatic rings. The molecule has 0 saturated heterocycles. The summed E-state index contributed by atoms with van der Waals surface area (Å²) in [6.45, 7) is 4.48. The molecule has 42 heavy (non-hydrogen) atoms. The summed E-state index contributed by atoms with van der Waals surface area (Å²) >= 11 is 11.6. The van der Waals surface area contributed by atoms with Crippen LogP contribution in [0, 0.1) is 0 Å². The third kappa shape index (κ3) is 25.7. The van der Waals surface area contributed by atoms with Crippen molar-refractivity contribution in [3.8, 4) is 0 Å². The van der Waals surface area contributed by atoms with Crippen LogP contribution in [0.2, 0.25) is 0 Å². The molecular weight excluding hydrogens is 590 g/mol. The Morgan fingerprint density at radius 1 is 0.476 bits per heavy atom. The molecule has 0 saturated carbocycles. The number of rotatable bonds is 30. The third-order valence-corrected chi connectivity index (χ3v) is 8.97. The van der Waals surface area contributed by atoms with E-state index in [0.717, 1.165) is 49.6 Å². The van der Waals surface area contributed by atoms with Crippen molar-refractivity contribution in [1.82, 2.24) is 0 Å². The van der Waals surface area contributed by atoms with Gasteiger partial charge < -0.3 is 9.05 Å². The molecule has 0 aromatic heterocycles. The molecule has 0 fully saturated rings. The van der Waals surface area contributed by atoms with E-state index < -0.39 is 20.2 Å². The van der Waals surface area contributed by atoms with Crippen molar-refractivity contribution in [2.75, 3.05) is 0 Å². The summed E-state index contributed by atoms with van der Waals surface area (Å²) in [4.78, 5) is 24.7. The fourth-order valence-corrected chi connectivity index (χ4v) is 6.02. The van der Waals surface area contributed by atoms with Crippen LogP contribution >= 0.6 is 31.5 Å². The van der Waals surface area contributed by atoms with Crippen molar-refractivity contribution < 1.29 is 23.2 Å². The van der Waals surface area contributed by atoms with Crippen molar-refractivity contribution in [3.63, 3.8) is 0 Å². The second-order valence-corrected chi connectivity index (χ2v) is 12.9. The van der Waals surface area contributed by atoms with E-state index in [9.17, 15) is 14.2 Å². The SMILES string of the molecule is CCCCCCCCCCCCCCC(=CCl)C(=O)O[PH](=O)OC(=O)C(=CCl)CCCCCCCCCCCCCC. The lowest BCUT2D eigenvalue weighted by Gasteiger charge is -2.09. The van der Waals surface area contributed by atoms with E-state index in [2.05, 4.69) is 13.8 Å². The summed E-state index contributed by atoms with van der Waals surface area (Å²) in [5, 5.41) is 0. The first-order chi connectivity index (χ1) is 20.5. The van der Waals surface area contributed by atoms with Crippen LogP contribution in [0.15, 0.2) is 22.2 Å². The summed E-state index contributed by atoms with van der Waals surface area (Å²) in [5.74, 6) is -1.61. The van der Waals surface area contributed by atoms with Crippen LogP contribution in [-0.2, 0) is 23.2 Å². The highest BCUT2D eigenvalue weighted by molar-refractivity contribution is 7.34. The minimum atomic E-state index is -3.35. The second-order valence-electron chi connectivity index (χ2n) is 11.6. The molecule has 0 N–H and O–H groups in total. The molecule has 0 heterocycles. The van der Waals surface area contributed by atoms with Gasteiger partial charge in [-0.2, -0.15) is 0 Å². The second kappa shape index (κ2) is 31.6.